The lowest BCUT2D eigenvalue weighted by Crippen LogP contribution is -2.37. The smallest absolute Gasteiger partial charge is 0.243 e. The van der Waals surface area contributed by atoms with Crippen molar-refractivity contribution in [2.24, 2.45) is 0 Å². The molecule has 1 amide bonds. The number of sulfonamides is 1. The van der Waals surface area contributed by atoms with E-state index in [0.29, 0.717) is 23.8 Å². The molecule has 0 spiro atoms. The molecule has 0 unspecified atom stereocenters. The van der Waals surface area contributed by atoms with E-state index < -0.39 is 15.9 Å². The molecule has 0 atom stereocenters. The first-order chi connectivity index (χ1) is 17.7. The second-order valence-corrected chi connectivity index (χ2v) is 11.1. The van der Waals surface area contributed by atoms with Crippen LogP contribution in [0.25, 0.3) is 0 Å². The molecule has 1 N–H and O–H groups in total. The van der Waals surface area contributed by atoms with Crippen molar-refractivity contribution < 1.29 is 17.7 Å². The van der Waals surface area contributed by atoms with Crippen LogP contribution in [0.1, 0.15) is 48.2 Å². The maximum Gasteiger partial charge on any atom is 0.243 e. The Morgan fingerprint density at radius 3 is 2.24 bits per heavy atom. The van der Waals surface area contributed by atoms with Crippen LogP contribution in [0.5, 0.6) is 0 Å². The van der Waals surface area contributed by atoms with E-state index in [-0.39, 0.29) is 23.9 Å². The van der Waals surface area contributed by atoms with Gasteiger partial charge in [0.1, 0.15) is 0 Å². The van der Waals surface area contributed by atoms with Crippen molar-refractivity contribution in [3.63, 3.8) is 0 Å². The second kappa shape index (κ2) is 11.5. The number of hydrogen-bond acceptors (Lipinski definition) is 6. The first-order valence-corrected chi connectivity index (χ1v) is 13.5. The summed E-state index contributed by atoms with van der Waals surface area (Å²) in [6, 6.07) is 23.1. The lowest BCUT2D eigenvalue weighted by atomic mass is 10.1. The number of aromatic nitrogens is 2. The van der Waals surface area contributed by atoms with Gasteiger partial charge >= 0.3 is 0 Å². The number of anilines is 1. The second-order valence-electron chi connectivity index (χ2n) is 9.20. The zero-order chi connectivity index (χ0) is 26.4. The van der Waals surface area contributed by atoms with Crippen molar-refractivity contribution in [1.82, 2.24) is 14.4 Å². The number of nitrogens with one attached hydrogen (secondary N) is 1. The van der Waals surface area contributed by atoms with Gasteiger partial charge in [0, 0.05) is 24.6 Å². The minimum absolute atomic E-state index is 0.0759. The number of nitrogens with zero attached hydrogens (tertiary/aromatic N) is 3. The molecule has 37 heavy (non-hydrogen) atoms. The van der Waals surface area contributed by atoms with Crippen LogP contribution in [0.2, 0.25) is 0 Å². The molecular weight excluding hydrogens is 488 g/mol. The molecular formula is C28H30N4O4S. The number of carbonyl (C=O) groups excluding carboxylic acids is 1. The quantitative estimate of drug-likeness (QED) is 0.319. The number of aryl methyl sites for hydroxylation is 1. The van der Waals surface area contributed by atoms with Gasteiger partial charge in [-0.15, -0.1) is 0 Å². The first kappa shape index (κ1) is 26.2. The molecule has 3 aromatic carbocycles. The summed E-state index contributed by atoms with van der Waals surface area (Å²) in [5.41, 5.74) is 3.27. The number of rotatable bonds is 10. The zero-order valence-electron chi connectivity index (χ0n) is 21.1. The Kier molecular flexibility index (Phi) is 8.15. The van der Waals surface area contributed by atoms with Crippen molar-refractivity contribution in [3.05, 3.63) is 107 Å². The highest BCUT2D eigenvalue weighted by Crippen LogP contribution is 2.20. The predicted octanol–water partition coefficient (Wildman–Crippen LogP) is 4.92. The summed E-state index contributed by atoms with van der Waals surface area (Å²) >= 11 is 0. The van der Waals surface area contributed by atoms with Crippen molar-refractivity contribution >= 4 is 21.6 Å². The Morgan fingerprint density at radius 1 is 0.946 bits per heavy atom. The zero-order valence-corrected chi connectivity index (χ0v) is 21.9. The number of hydrogen-bond donors (Lipinski definition) is 1. The standard InChI is InChI=1S/C28H30N4O4S/c1-20(2)28-30-26(31-36-28)17-22-11-13-24(14-12-22)29-27(33)19-32(18-23-7-5-4-6-8-23)37(34,35)25-15-9-21(3)10-16-25/h4-16,20H,17-19H2,1-3H3,(H,29,33). The van der Waals surface area contributed by atoms with Crippen LogP contribution in [0, 0.1) is 6.92 Å². The average Bonchev–Trinajstić information content (AvgIpc) is 3.35. The van der Waals surface area contributed by atoms with Gasteiger partial charge in [0.15, 0.2) is 5.82 Å². The fourth-order valence-electron chi connectivity index (χ4n) is 3.70. The molecule has 8 nitrogen and oxygen atoms in total. The fraction of sp³-hybridized carbons (Fsp3) is 0.250. The van der Waals surface area contributed by atoms with Crippen LogP contribution in [-0.2, 0) is 27.8 Å². The fourth-order valence-corrected chi connectivity index (χ4v) is 5.08. The van der Waals surface area contributed by atoms with Crippen LogP contribution in [0.15, 0.2) is 88.3 Å². The average molecular weight is 519 g/mol. The molecule has 1 heterocycles. The summed E-state index contributed by atoms with van der Waals surface area (Å²) < 4.78 is 33.3. The van der Waals surface area contributed by atoms with Crippen molar-refractivity contribution in [2.75, 3.05) is 11.9 Å². The normalized spacial score (nSPS) is 11.7. The largest absolute Gasteiger partial charge is 0.339 e. The molecule has 0 aliphatic carbocycles. The SMILES string of the molecule is Cc1ccc(S(=O)(=O)N(CC(=O)Nc2ccc(Cc3noc(C(C)C)n3)cc2)Cc2ccccc2)cc1. The van der Waals surface area contributed by atoms with Crippen molar-refractivity contribution in [2.45, 2.75) is 44.6 Å². The molecule has 9 heteroatoms. The lowest BCUT2D eigenvalue weighted by Gasteiger charge is -2.22. The summed E-state index contributed by atoms with van der Waals surface area (Å²) in [5.74, 6) is 0.923. The highest BCUT2D eigenvalue weighted by atomic mass is 32.2. The molecule has 0 fully saturated rings. The third kappa shape index (κ3) is 6.90. The van der Waals surface area contributed by atoms with E-state index in [4.69, 9.17) is 4.52 Å². The molecule has 192 valence electrons. The summed E-state index contributed by atoms with van der Waals surface area (Å²) in [5, 5.41) is 6.81. The highest BCUT2D eigenvalue weighted by Gasteiger charge is 2.27. The van der Waals surface area contributed by atoms with Gasteiger partial charge in [-0.2, -0.15) is 9.29 Å². The van der Waals surface area contributed by atoms with Crippen LogP contribution in [0.3, 0.4) is 0 Å². The first-order valence-electron chi connectivity index (χ1n) is 12.0. The molecule has 0 saturated carbocycles. The van der Waals surface area contributed by atoms with Gasteiger partial charge in [0.25, 0.3) is 0 Å². The monoisotopic (exact) mass is 518 g/mol. The molecule has 0 radical (unpaired) electrons. The number of amides is 1. The maximum atomic E-state index is 13.4. The van der Waals surface area contributed by atoms with E-state index in [9.17, 15) is 13.2 Å². The third-order valence-electron chi connectivity index (χ3n) is 5.76. The summed E-state index contributed by atoms with van der Waals surface area (Å²) in [6.07, 6.45) is 0.504. The Balaban J connectivity index is 1.46. The molecule has 4 rings (SSSR count). The van der Waals surface area contributed by atoms with E-state index in [2.05, 4.69) is 15.5 Å². The molecule has 4 aromatic rings. The summed E-state index contributed by atoms with van der Waals surface area (Å²) in [7, 11) is -3.90. The third-order valence-corrected chi connectivity index (χ3v) is 7.56. The van der Waals surface area contributed by atoms with Crippen LogP contribution >= 0.6 is 0 Å². The Hall–Kier alpha value is -3.82. The van der Waals surface area contributed by atoms with Gasteiger partial charge in [0.2, 0.25) is 21.8 Å². The summed E-state index contributed by atoms with van der Waals surface area (Å²) in [4.78, 5) is 17.5. The molecule has 1 aromatic heterocycles. The number of carbonyl (C=O) groups is 1. The Bertz CT molecular complexity index is 1430. The van der Waals surface area contributed by atoms with Gasteiger partial charge in [-0.05, 0) is 42.3 Å². The van der Waals surface area contributed by atoms with Gasteiger partial charge in [-0.25, -0.2) is 8.42 Å². The van der Waals surface area contributed by atoms with E-state index in [0.717, 1.165) is 16.7 Å². The summed E-state index contributed by atoms with van der Waals surface area (Å²) in [6.45, 7) is 5.62. The van der Waals surface area contributed by atoms with E-state index >= 15 is 0 Å². The maximum absolute atomic E-state index is 13.4. The topological polar surface area (TPSA) is 105 Å². The lowest BCUT2D eigenvalue weighted by molar-refractivity contribution is -0.116. The van der Waals surface area contributed by atoms with Crippen LogP contribution in [0.4, 0.5) is 5.69 Å². The molecule has 0 aliphatic heterocycles. The minimum atomic E-state index is -3.90. The van der Waals surface area contributed by atoms with Gasteiger partial charge in [0.05, 0.1) is 11.4 Å². The van der Waals surface area contributed by atoms with Crippen LogP contribution < -0.4 is 5.32 Å². The molecule has 0 aliphatic rings. The van der Waals surface area contributed by atoms with E-state index in [1.807, 2.05) is 63.2 Å². The van der Waals surface area contributed by atoms with Gasteiger partial charge in [-0.1, -0.05) is 79.2 Å². The van der Waals surface area contributed by atoms with Crippen LogP contribution in [-0.4, -0.2) is 35.3 Å². The Morgan fingerprint density at radius 2 is 1.62 bits per heavy atom. The minimum Gasteiger partial charge on any atom is -0.339 e. The molecule has 0 bridgehead atoms. The van der Waals surface area contributed by atoms with Gasteiger partial charge in [-0.3, -0.25) is 4.79 Å². The van der Waals surface area contributed by atoms with E-state index in [1.54, 1.807) is 36.4 Å². The molecule has 0 saturated heterocycles. The predicted molar refractivity (Wildman–Crippen MR) is 141 cm³/mol. The Labute approximate surface area is 217 Å². The highest BCUT2D eigenvalue weighted by molar-refractivity contribution is 7.89. The van der Waals surface area contributed by atoms with Crippen molar-refractivity contribution in [3.8, 4) is 0 Å². The number of benzene rings is 3. The van der Waals surface area contributed by atoms with Gasteiger partial charge < -0.3 is 9.84 Å². The van der Waals surface area contributed by atoms with E-state index in [1.165, 1.54) is 4.31 Å². The van der Waals surface area contributed by atoms with Crippen molar-refractivity contribution in [1.29, 1.82) is 0 Å².